The summed E-state index contributed by atoms with van der Waals surface area (Å²) >= 11 is 0. The minimum atomic E-state index is -0.639. The van der Waals surface area contributed by atoms with E-state index in [2.05, 4.69) is 32.5 Å². The maximum Gasteiger partial charge on any atom is 0.270 e. The van der Waals surface area contributed by atoms with Crippen molar-refractivity contribution < 1.29 is 14.4 Å². The van der Waals surface area contributed by atoms with Crippen molar-refractivity contribution in [1.29, 1.82) is 0 Å². The molecule has 10 heteroatoms. The number of rotatable bonds is 8. The van der Waals surface area contributed by atoms with Crippen LogP contribution in [0.25, 0.3) is 0 Å². The highest BCUT2D eigenvalue weighted by atomic mass is 16.2. The average molecular weight is 508 g/mol. The molecular formula is C27H37N7O3. The zero-order valence-electron chi connectivity index (χ0n) is 21.9. The van der Waals surface area contributed by atoms with E-state index in [0.29, 0.717) is 30.4 Å². The predicted molar refractivity (Wildman–Crippen MR) is 140 cm³/mol. The van der Waals surface area contributed by atoms with Gasteiger partial charge in [0.1, 0.15) is 17.6 Å². The van der Waals surface area contributed by atoms with Gasteiger partial charge in [-0.15, -0.1) is 0 Å². The fourth-order valence-electron chi connectivity index (χ4n) is 5.82. The summed E-state index contributed by atoms with van der Waals surface area (Å²) in [5, 5.41) is 10.2. The van der Waals surface area contributed by atoms with E-state index in [9.17, 15) is 14.4 Å². The summed E-state index contributed by atoms with van der Waals surface area (Å²) < 4.78 is 1.53. The molecule has 2 N–H and O–H groups in total. The second-order valence-electron chi connectivity index (χ2n) is 11.0. The Kier molecular flexibility index (Phi) is 6.92. The third-order valence-corrected chi connectivity index (χ3v) is 8.55. The molecule has 198 valence electrons. The molecule has 10 nitrogen and oxygen atoms in total. The standard InChI is InChI=1S/C27H37N7O3/c1-18(35)33-13-15-34(16-14-33)22-8-7-20(17-28-22)30-26(37)24(31-25(36)21-9-12-29-32(21)3)23(19-5-4-6-19)27(2)10-11-27/h7-9,12,17,19,23-24H,4-6,10-11,13-16H2,1-3H3,(H,30,37)(H,31,36)/t23?,24-/m0/s1. The first-order chi connectivity index (χ1) is 17.7. The van der Waals surface area contributed by atoms with E-state index in [1.165, 1.54) is 11.1 Å². The zero-order valence-corrected chi connectivity index (χ0v) is 21.9. The second-order valence-corrected chi connectivity index (χ2v) is 11.0. The molecule has 0 bridgehead atoms. The van der Waals surface area contributed by atoms with Gasteiger partial charge in [0.2, 0.25) is 11.8 Å². The number of nitrogens with zero attached hydrogens (tertiary/aromatic N) is 5. The van der Waals surface area contributed by atoms with Gasteiger partial charge in [-0.2, -0.15) is 5.10 Å². The summed E-state index contributed by atoms with van der Waals surface area (Å²) in [6.45, 7) is 6.64. The number of pyridine rings is 1. The summed E-state index contributed by atoms with van der Waals surface area (Å²) in [4.78, 5) is 47.0. The van der Waals surface area contributed by atoms with Gasteiger partial charge in [0.25, 0.3) is 5.91 Å². The summed E-state index contributed by atoms with van der Waals surface area (Å²) in [6, 6.07) is 4.78. The fraction of sp³-hybridized carbons (Fsp3) is 0.593. The monoisotopic (exact) mass is 507 g/mol. The lowest BCUT2D eigenvalue weighted by Crippen LogP contribution is -2.54. The second kappa shape index (κ2) is 10.1. The number of aromatic nitrogens is 3. The lowest BCUT2D eigenvalue weighted by Gasteiger charge is -2.42. The number of carbonyl (C=O) groups is 3. The lowest BCUT2D eigenvalue weighted by molar-refractivity contribution is -0.129. The van der Waals surface area contributed by atoms with Crippen molar-refractivity contribution in [2.45, 2.75) is 52.0 Å². The first kappa shape index (κ1) is 25.2. The molecule has 1 unspecified atom stereocenters. The number of piperazine rings is 1. The molecule has 5 rings (SSSR count). The molecule has 2 atom stereocenters. The van der Waals surface area contributed by atoms with E-state index in [1.54, 1.807) is 32.4 Å². The smallest absolute Gasteiger partial charge is 0.270 e. The summed E-state index contributed by atoms with van der Waals surface area (Å²) in [7, 11) is 1.73. The zero-order chi connectivity index (χ0) is 26.2. The van der Waals surface area contributed by atoms with Crippen molar-refractivity contribution in [2.75, 3.05) is 36.4 Å². The fourth-order valence-corrected chi connectivity index (χ4v) is 5.82. The molecule has 0 spiro atoms. The number of nitrogens with one attached hydrogen (secondary N) is 2. The van der Waals surface area contributed by atoms with Crippen molar-refractivity contribution in [3.8, 4) is 0 Å². The largest absolute Gasteiger partial charge is 0.353 e. The Morgan fingerprint density at radius 2 is 1.81 bits per heavy atom. The van der Waals surface area contributed by atoms with Crippen LogP contribution in [0.15, 0.2) is 30.6 Å². The minimum Gasteiger partial charge on any atom is -0.353 e. The van der Waals surface area contributed by atoms with E-state index >= 15 is 0 Å². The normalized spacial score (nSPS) is 20.5. The molecule has 1 saturated heterocycles. The van der Waals surface area contributed by atoms with E-state index < -0.39 is 6.04 Å². The Hall–Kier alpha value is -3.43. The van der Waals surface area contributed by atoms with E-state index in [4.69, 9.17) is 0 Å². The highest BCUT2D eigenvalue weighted by molar-refractivity contribution is 6.00. The summed E-state index contributed by atoms with van der Waals surface area (Å²) in [6.07, 6.45) is 8.77. The van der Waals surface area contributed by atoms with E-state index in [0.717, 1.165) is 44.6 Å². The lowest BCUT2D eigenvalue weighted by atomic mass is 9.66. The van der Waals surface area contributed by atoms with Crippen molar-refractivity contribution in [3.05, 3.63) is 36.3 Å². The Bertz CT molecular complexity index is 1150. The molecule has 3 aliphatic rings. The number of hydrogen-bond donors (Lipinski definition) is 2. The molecule has 0 radical (unpaired) electrons. The topological polar surface area (TPSA) is 112 Å². The van der Waals surface area contributed by atoms with Gasteiger partial charge >= 0.3 is 0 Å². The van der Waals surface area contributed by atoms with E-state index in [-0.39, 0.29) is 29.1 Å². The van der Waals surface area contributed by atoms with Crippen LogP contribution >= 0.6 is 0 Å². The predicted octanol–water partition coefficient (Wildman–Crippen LogP) is 2.44. The van der Waals surface area contributed by atoms with Gasteiger partial charge in [-0.05, 0) is 48.3 Å². The molecule has 3 amide bonds. The molecular weight excluding hydrogens is 470 g/mol. The van der Waals surface area contributed by atoms with Crippen LogP contribution < -0.4 is 15.5 Å². The van der Waals surface area contributed by atoms with Crippen LogP contribution in [-0.2, 0) is 16.6 Å². The molecule has 3 heterocycles. The van der Waals surface area contributed by atoms with Crippen molar-refractivity contribution in [2.24, 2.45) is 24.3 Å². The van der Waals surface area contributed by atoms with Gasteiger partial charge in [0.15, 0.2) is 0 Å². The minimum absolute atomic E-state index is 0.0664. The summed E-state index contributed by atoms with van der Waals surface area (Å²) in [5.41, 5.74) is 1.10. The van der Waals surface area contributed by atoms with Gasteiger partial charge in [-0.1, -0.05) is 26.2 Å². The van der Waals surface area contributed by atoms with Crippen LogP contribution in [0.3, 0.4) is 0 Å². The van der Waals surface area contributed by atoms with Crippen LogP contribution in [0.5, 0.6) is 0 Å². The Morgan fingerprint density at radius 3 is 2.32 bits per heavy atom. The molecule has 2 saturated carbocycles. The molecule has 0 aromatic carbocycles. The van der Waals surface area contributed by atoms with Gasteiger partial charge < -0.3 is 20.4 Å². The highest BCUT2D eigenvalue weighted by Gasteiger charge is 2.54. The van der Waals surface area contributed by atoms with Crippen molar-refractivity contribution in [1.82, 2.24) is 25.0 Å². The Labute approximate surface area is 217 Å². The van der Waals surface area contributed by atoms with Crippen molar-refractivity contribution in [3.63, 3.8) is 0 Å². The third kappa shape index (κ3) is 5.33. The number of anilines is 2. The number of amides is 3. The van der Waals surface area contributed by atoms with Crippen LogP contribution in [-0.4, -0.2) is 69.6 Å². The van der Waals surface area contributed by atoms with Crippen LogP contribution in [0, 0.1) is 17.3 Å². The number of hydrogen-bond acceptors (Lipinski definition) is 6. The van der Waals surface area contributed by atoms with Crippen LogP contribution in [0.4, 0.5) is 11.5 Å². The summed E-state index contributed by atoms with van der Waals surface area (Å²) in [5.74, 6) is 0.945. The Balaban J connectivity index is 1.30. The van der Waals surface area contributed by atoms with Crippen LogP contribution in [0.2, 0.25) is 0 Å². The number of carbonyl (C=O) groups excluding carboxylic acids is 3. The van der Waals surface area contributed by atoms with Crippen molar-refractivity contribution >= 4 is 29.2 Å². The molecule has 3 fully saturated rings. The molecule has 2 aromatic heterocycles. The molecule has 1 aliphatic heterocycles. The SMILES string of the molecule is CC(=O)N1CCN(c2ccc(NC(=O)[C@@H](NC(=O)c3ccnn3C)C(C3CCC3)C3(C)CC3)cn2)CC1. The average Bonchev–Trinajstić information content (AvgIpc) is 3.45. The molecule has 37 heavy (non-hydrogen) atoms. The van der Waals surface area contributed by atoms with Gasteiger partial charge in [0, 0.05) is 46.3 Å². The Morgan fingerprint density at radius 1 is 1.08 bits per heavy atom. The first-order valence-corrected chi connectivity index (χ1v) is 13.3. The third-order valence-electron chi connectivity index (χ3n) is 8.55. The van der Waals surface area contributed by atoms with E-state index in [1.807, 2.05) is 17.0 Å². The van der Waals surface area contributed by atoms with Gasteiger partial charge in [-0.25, -0.2) is 4.98 Å². The van der Waals surface area contributed by atoms with Crippen LogP contribution in [0.1, 0.15) is 56.4 Å². The molecule has 2 aromatic rings. The van der Waals surface area contributed by atoms with Gasteiger partial charge in [-0.3, -0.25) is 19.1 Å². The number of aryl methyl sites for hydroxylation is 1. The first-order valence-electron chi connectivity index (χ1n) is 13.3. The van der Waals surface area contributed by atoms with Gasteiger partial charge in [0.05, 0.1) is 11.9 Å². The molecule has 2 aliphatic carbocycles. The maximum absolute atomic E-state index is 13.7. The maximum atomic E-state index is 13.7. The quantitative estimate of drug-likeness (QED) is 0.568. The highest BCUT2D eigenvalue weighted by Crippen LogP contribution is 2.58.